The van der Waals surface area contributed by atoms with Crippen molar-refractivity contribution in [3.05, 3.63) is 12.8 Å². The first-order valence-corrected chi connectivity index (χ1v) is 4.09. The standard InChI is InChI=1S/C9H12N2/c1-3-11-7(5-10)4-8-6(2)9(8)11/h3,6-9H,1,4H2,2H3. The molecule has 1 aliphatic heterocycles. The van der Waals surface area contributed by atoms with Crippen LogP contribution in [-0.4, -0.2) is 17.0 Å². The fraction of sp³-hybridized carbons (Fsp3) is 0.667. The SMILES string of the molecule is C=CN1C(C#N)CC2C(C)C21. The summed E-state index contributed by atoms with van der Waals surface area (Å²) < 4.78 is 0. The van der Waals surface area contributed by atoms with Crippen molar-refractivity contribution in [1.29, 1.82) is 5.26 Å². The Morgan fingerprint density at radius 1 is 1.73 bits per heavy atom. The lowest BCUT2D eigenvalue weighted by atomic mass is 10.1. The van der Waals surface area contributed by atoms with E-state index in [0.717, 1.165) is 18.3 Å². The zero-order valence-corrected chi connectivity index (χ0v) is 6.70. The Bertz CT molecular complexity index is 228. The van der Waals surface area contributed by atoms with Crippen molar-refractivity contribution in [3.8, 4) is 6.07 Å². The van der Waals surface area contributed by atoms with Crippen LogP contribution in [0, 0.1) is 23.2 Å². The molecule has 2 nitrogen and oxygen atoms in total. The zero-order chi connectivity index (χ0) is 8.01. The van der Waals surface area contributed by atoms with Crippen LogP contribution in [0.3, 0.4) is 0 Å². The van der Waals surface area contributed by atoms with Gasteiger partial charge in [0.15, 0.2) is 0 Å². The van der Waals surface area contributed by atoms with Crippen LogP contribution in [-0.2, 0) is 0 Å². The molecular formula is C9H12N2. The lowest BCUT2D eigenvalue weighted by Crippen LogP contribution is -2.27. The van der Waals surface area contributed by atoms with E-state index in [-0.39, 0.29) is 6.04 Å². The Morgan fingerprint density at radius 2 is 2.45 bits per heavy atom. The average Bonchev–Trinajstić information content (AvgIpc) is 2.50. The van der Waals surface area contributed by atoms with Crippen LogP contribution in [0.1, 0.15) is 13.3 Å². The summed E-state index contributed by atoms with van der Waals surface area (Å²) in [4.78, 5) is 2.12. The molecule has 0 bridgehead atoms. The van der Waals surface area contributed by atoms with E-state index in [9.17, 15) is 0 Å². The van der Waals surface area contributed by atoms with Crippen molar-refractivity contribution in [2.45, 2.75) is 25.4 Å². The van der Waals surface area contributed by atoms with Gasteiger partial charge in [0.1, 0.15) is 6.04 Å². The Labute approximate surface area is 67.1 Å². The molecule has 4 atom stereocenters. The maximum absolute atomic E-state index is 8.75. The first kappa shape index (κ1) is 6.72. The maximum Gasteiger partial charge on any atom is 0.117 e. The molecule has 11 heavy (non-hydrogen) atoms. The fourth-order valence-corrected chi connectivity index (χ4v) is 2.32. The average molecular weight is 148 g/mol. The van der Waals surface area contributed by atoms with E-state index in [1.54, 1.807) is 0 Å². The molecule has 0 N–H and O–H groups in total. The topological polar surface area (TPSA) is 27.0 Å². The maximum atomic E-state index is 8.75. The zero-order valence-electron chi connectivity index (χ0n) is 6.70. The number of piperidine rings is 1. The molecule has 0 aromatic carbocycles. The summed E-state index contributed by atoms with van der Waals surface area (Å²) in [5.41, 5.74) is 0. The third-order valence-corrected chi connectivity index (χ3v) is 3.07. The molecule has 1 saturated carbocycles. The second-order valence-electron chi connectivity index (χ2n) is 3.52. The summed E-state index contributed by atoms with van der Waals surface area (Å²) in [6.45, 7) is 5.98. The van der Waals surface area contributed by atoms with Crippen LogP contribution in [0.2, 0.25) is 0 Å². The van der Waals surface area contributed by atoms with E-state index in [4.69, 9.17) is 5.26 Å². The molecule has 0 radical (unpaired) electrons. The van der Waals surface area contributed by atoms with E-state index in [0.29, 0.717) is 6.04 Å². The Hall–Kier alpha value is -0.970. The van der Waals surface area contributed by atoms with E-state index in [1.807, 2.05) is 6.20 Å². The van der Waals surface area contributed by atoms with Crippen molar-refractivity contribution in [3.63, 3.8) is 0 Å². The second-order valence-corrected chi connectivity index (χ2v) is 3.52. The smallest absolute Gasteiger partial charge is 0.117 e. The summed E-state index contributed by atoms with van der Waals surface area (Å²) >= 11 is 0. The Balaban J connectivity index is 2.14. The highest BCUT2D eigenvalue weighted by Crippen LogP contribution is 2.52. The summed E-state index contributed by atoms with van der Waals surface area (Å²) in [6.07, 6.45) is 2.87. The Morgan fingerprint density at radius 3 is 3.00 bits per heavy atom. The normalized spacial score (nSPS) is 46.4. The monoisotopic (exact) mass is 148 g/mol. The summed E-state index contributed by atoms with van der Waals surface area (Å²) in [5.74, 6) is 1.57. The fourth-order valence-electron chi connectivity index (χ4n) is 2.32. The quantitative estimate of drug-likeness (QED) is 0.561. The van der Waals surface area contributed by atoms with Gasteiger partial charge in [-0.15, -0.1) is 0 Å². The first-order valence-electron chi connectivity index (χ1n) is 4.09. The molecule has 0 aromatic heterocycles. The minimum absolute atomic E-state index is 0.110. The molecule has 2 aliphatic rings. The molecule has 0 amide bonds. The first-order chi connectivity index (χ1) is 5.29. The minimum Gasteiger partial charge on any atom is -0.359 e. The molecular weight excluding hydrogens is 136 g/mol. The highest BCUT2D eigenvalue weighted by molar-refractivity contribution is 5.17. The highest BCUT2D eigenvalue weighted by Gasteiger charge is 2.57. The van der Waals surface area contributed by atoms with Gasteiger partial charge in [-0.1, -0.05) is 13.5 Å². The van der Waals surface area contributed by atoms with Crippen LogP contribution >= 0.6 is 0 Å². The van der Waals surface area contributed by atoms with Gasteiger partial charge >= 0.3 is 0 Å². The number of nitriles is 1. The summed E-state index contributed by atoms with van der Waals surface area (Å²) in [5, 5.41) is 8.75. The number of hydrogen-bond acceptors (Lipinski definition) is 2. The van der Waals surface area contributed by atoms with Crippen molar-refractivity contribution in [2.75, 3.05) is 0 Å². The lowest BCUT2D eigenvalue weighted by molar-refractivity contribution is 0.334. The number of nitrogens with zero attached hydrogens (tertiary/aromatic N) is 2. The van der Waals surface area contributed by atoms with E-state index in [1.165, 1.54) is 0 Å². The van der Waals surface area contributed by atoms with Gasteiger partial charge in [-0.2, -0.15) is 5.26 Å². The second kappa shape index (κ2) is 2.01. The van der Waals surface area contributed by atoms with Gasteiger partial charge in [0.25, 0.3) is 0 Å². The van der Waals surface area contributed by atoms with Gasteiger partial charge < -0.3 is 4.90 Å². The van der Waals surface area contributed by atoms with Crippen LogP contribution in [0.4, 0.5) is 0 Å². The molecule has 1 heterocycles. The van der Waals surface area contributed by atoms with Gasteiger partial charge in [0, 0.05) is 6.04 Å². The largest absolute Gasteiger partial charge is 0.359 e. The molecule has 1 saturated heterocycles. The highest BCUT2D eigenvalue weighted by atomic mass is 15.2. The van der Waals surface area contributed by atoms with Gasteiger partial charge in [-0.3, -0.25) is 0 Å². The summed E-state index contributed by atoms with van der Waals surface area (Å²) in [6, 6.07) is 3.05. The molecule has 0 aromatic rings. The molecule has 2 fully saturated rings. The third-order valence-electron chi connectivity index (χ3n) is 3.07. The molecule has 4 unspecified atom stereocenters. The predicted molar refractivity (Wildman–Crippen MR) is 42.5 cm³/mol. The number of likely N-dealkylation sites (tertiary alicyclic amines) is 1. The van der Waals surface area contributed by atoms with Crippen molar-refractivity contribution in [2.24, 2.45) is 11.8 Å². The van der Waals surface area contributed by atoms with Crippen LogP contribution < -0.4 is 0 Å². The van der Waals surface area contributed by atoms with E-state index in [2.05, 4.69) is 24.5 Å². The summed E-state index contributed by atoms with van der Waals surface area (Å²) in [7, 11) is 0. The van der Waals surface area contributed by atoms with E-state index < -0.39 is 0 Å². The van der Waals surface area contributed by atoms with Crippen molar-refractivity contribution in [1.82, 2.24) is 4.90 Å². The predicted octanol–water partition coefficient (Wildman–Crippen LogP) is 1.36. The van der Waals surface area contributed by atoms with Crippen LogP contribution in [0.25, 0.3) is 0 Å². The third kappa shape index (κ3) is 0.712. The molecule has 58 valence electrons. The van der Waals surface area contributed by atoms with Crippen LogP contribution in [0.15, 0.2) is 12.8 Å². The van der Waals surface area contributed by atoms with Gasteiger partial charge in [-0.25, -0.2) is 0 Å². The van der Waals surface area contributed by atoms with Crippen molar-refractivity contribution < 1.29 is 0 Å². The van der Waals surface area contributed by atoms with Crippen LogP contribution in [0.5, 0.6) is 0 Å². The van der Waals surface area contributed by atoms with Gasteiger partial charge in [0.2, 0.25) is 0 Å². The molecule has 0 spiro atoms. The van der Waals surface area contributed by atoms with Gasteiger partial charge in [0.05, 0.1) is 6.07 Å². The minimum atomic E-state index is 0.110. The Kier molecular flexibility index (Phi) is 1.23. The number of hydrogen-bond donors (Lipinski definition) is 0. The van der Waals surface area contributed by atoms with Crippen molar-refractivity contribution >= 4 is 0 Å². The number of fused-ring (bicyclic) bond motifs is 1. The molecule has 2 rings (SSSR count). The molecule has 2 heteroatoms. The van der Waals surface area contributed by atoms with Gasteiger partial charge in [-0.05, 0) is 24.5 Å². The lowest BCUT2D eigenvalue weighted by Gasteiger charge is -2.20. The molecule has 1 aliphatic carbocycles. The van der Waals surface area contributed by atoms with E-state index >= 15 is 0 Å². The number of rotatable bonds is 1.